The van der Waals surface area contributed by atoms with Gasteiger partial charge in [0.25, 0.3) is 0 Å². The van der Waals surface area contributed by atoms with Gasteiger partial charge in [-0.15, -0.1) is 10.2 Å². The maximum Gasteiger partial charge on any atom is 0.247 e. The van der Waals surface area contributed by atoms with Crippen molar-refractivity contribution in [1.82, 2.24) is 20.0 Å². The molecule has 1 atom stereocenters. The van der Waals surface area contributed by atoms with Gasteiger partial charge in [-0.05, 0) is 57.8 Å². The lowest BCUT2D eigenvalue weighted by molar-refractivity contribution is -0.132. The van der Waals surface area contributed by atoms with Gasteiger partial charge in [-0.25, -0.2) is 0 Å². The first-order chi connectivity index (χ1) is 13.2. The Morgan fingerprint density at radius 1 is 1.11 bits per heavy atom. The lowest BCUT2D eigenvalue weighted by Crippen LogP contribution is -2.42. The van der Waals surface area contributed by atoms with Crippen LogP contribution in [0, 0.1) is 6.92 Å². The Hall–Kier alpha value is -2.21. The number of likely N-dealkylation sites (tertiary alicyclic amines) is 2. The van der Waals surface area contributed by atoms with E-state index in [1.807, 2.05) is 31.2 Å². The first-order valence-electron chi connectivity index (χ1n) is 10.1. The topological polar surface area (TPSA) is 62.5 Å². The van der Waals surface area contributed by atoms with Crippen LogP contribution in [0.1, 0.15) is 43.6 Å². The van der Waals surface area contributed by atoms with Crippen LogP contribution >= 0.6 is 0 Å². The van der Waals surface area contributed by atoms with Crippen LogP contribution in [0.2, 0.25) is 0 Å². The highest BCUT2D eigenvalue weighted by molar-refractivity contribution is 5.77. The Morgan fingerprint density at radius 2 is 1.89 bits per heavy atom. The zero-order valence-corrected chi connectivity index (χ0v) is 16.1. The Morgan fingerprint density at radius 3 is 2.67 bits per heavy atom. The Balaban J connectivity index is 1.31. The van der Waals surface area contributed by atoms with Gasteiger partial charge in [0, 0.05) is 37.5 Å². The normalized spacial score (nSPS) is 20.5. The van der Waals surface area contributed by atoms with Crippen LogP contribution in [-0.2, 0) is 11.2 Å². The molecule has 1 aromatic carbocycles. The molecule has 2 aliphatic rings. The molecule has 0 bridgehead atoms. The number of aryl methyl sites for hydroxylation is 2. The molecule has 27 heavy (non-hydrogen) atoms. The average Bonchev–Trinajstić information content (AvgIpc) is 3.43. The van der Waals surface area contributed by atoms with Gasteiger partial charge in [0.1, 0.15) is 0 Å². The van der Waals surface area contributed by atoms with Gasteiger partial charge in [-0.2, -0.15) is 0 Å². The van der Waals surface area contributed by atoms with E-state index in [0.29, 0.717) is 30.7 Å². The van der Waals surface area contributed by atoms with Crippen molar-refractivity contribution >= 4 is 5.91 Å². The van der Waals surface area contributed by atoms with Gasteiger partial charge in [0.05, 0.1) is 0 Å². The number of hydrogen-bond acceptors (Lipinski definition) is 5. The van der Waals surface area contributed by atoms with E-state index in [-0.39, 0.29) is 5.91 Å². The molecule has 0 aliphatic carbocycles. The molecule has 4 rings (SSSR count). The number of amides is 1. The van der Waals surface area contributed by atoms with Crippen molar-refractivity contribution in [3.05, 3.63) is 35.7 Å². The summed E-state index contributed by atoms with van der Waals surface area (Å²) in [4.78, 5) is 17.3. The maximum atomic E-state index is 12.7. The molecule has 2 aromatic rings. The zero-order valence-electron chi connectivity index (χ0n) is 16.1. The predicted molar refractivity (Wildman–Crippen MR) is 103 cm³/mol. The maximum absolute atomic E-state index is 12.7. The van der Waals surface area contributed by atoms with Crippen LogP contribution in [-0.4, -0.2) is 58.1 Å². The Labute approximate surface area is 160 Å². The molecule has 6 heteroatoms. The van der Waals surface area contributed by atoms with Crippen LogP contribution in [0.4, 0.5) is 0 Å². The van der Waals surface area contributed by atoms with Crippen LogP contribution < -0.4 is 0 Å². The third kappa shape index (κ3) is 4.38. The highest BCUT2D eigenvalue weighted by Gasteiger charge is 2.30. The lowest BCUT2D eigenvalue weighted by Gasteiger charge is -2.28. The van der Waals surface area contributed by atoms with E-state index in [0.717, 1.165) is 31.5 Å². The first kappa shape index (κ1) is 18.2. The molecule has 2 aliphatic heterocycles. The molecule has 1 unspecified atom stereocenters. The van der Waals surface area contributed by atoms with Crippen LogP contribution in [0.3, 0.4) is 0 Å². The van der Waals surface area contributed by atoms with E-state index in [2.05, 4.69) is 20.0 Å². The second-order valence-corrected chi connectivity index (χ2v) is 7.76. The summed E-state index contributed by atoms with van der Waals surface area (Å²) in [7, 11) is 0. The molecule has 0 radical (unpaired) electrons. The third-order valence-electron chi connectivity index (χ3n) is 5.68. The average molecular weight is 368 g/mol. The van der Waals surface area contributed by atoms with Crippen LogP contribution in [0.15, 0.2) is 28.7 Å². The van der Waals surface area contributed by atoms with Gasteiger partial charge in [0.2, 0.25) is 17.7 Å². The number of hydrogen-bond donors (Lipinski definition) is 0. The van der Waals surface area contributed by atoms with Crippen molar-refractivity contribution < 1.29 is 9.21 Å². The summed E-state index contributed by atoms with van der Waals surface area (Å²) in [5.74, 6) is 1.27. The number of carbonyl (C=O) groups excluding carboxylic acids is 1. The minimum absolute atomic E-state index is 0.215. The minimum atomic E-state index is 0.215. The smallest absolute Gasteiger partial charge is 0.247 e. The molecule has 1 amide bonds. The third-order valence-corrected chi connectivity index (χ3v) is 5.68. The Kier molecular flexibility index (Phi) is 5.53. The SMILES string of the molecule is Cc1ccc(-c2nnc(CCC(=O)N3CCCC3CN3CCCC3)o2)cc1. The van der Waals surface area contributed by atoms with Crippen molar-refractivity contribution in [1.29, 1.82) is 0 Å². The molecule has 0 saturated carbocycles. The van der Waals surface area contributed by atoms with Gasteiger partial charge in [0.15, 0.2) is 0 Å². The molecule has 0 N–H and O–H groups in total. The summed E-state index contributed by atoms with van der Waals surface area (Å²) >= 11 is 0. The molecule has 2 fully saturated rings. The number of benzene rings is 1. The van der Waals surface area contributed by atoms with Crippen LogP contribution in [0.5, 0.6) is 0 Å². The molecule has 144 valence electrons. The van der Waals surface area contributed by atoms with Crippen molar-refractivity contribution in [3.8, 4) is 11.5 Å². The quantitative estimate of drug-likeness (QED) is 0.784. The van der Waals surface area contributed by atoms with Crippen molar-refractivity contribution in [2.75, 3.05) is 26.2 Å². The summed E-state index contributed by atoms with van der Waals surface area (Å²) in [5.41, 5.74) is 2.11. The fourth-order valence-corrected chi connectivity index (χ4v) is 4.14. The van der Waals surface area contributed by atoms with E-state index < -0.39 is 0 Å². The van der Waals surface area contributed by atoms with E-state index >= 15 is 0 Å². The molecular formula is C21H28N4O2. The number of aromatic nitrogens is 2. The summed E-state index contributed by atoms with van der Waals surface area (Å²) in [6.45, 7) is 6.33. The largest absolute Gasteiger partial charge is 0.421 e. The van der Waals surface area contributed by atoms with E-state index in [9.17, 15) is 4.79 Å². The molecular weight excluding hydrogens is 340 g/mol. The lowest BCUT2D eigenvalue weighted by atomic mass is 10.1. The molecule has 3 heterocycles. The number of nitrogens with zero attached hydrogens (tertiary/aromatic N) is 4. The van der Waals surface area contributed by atoms with E-state index in [4.69, 9.17) is 4.42 Å². The second kappa shape index (κ2) is 8.21. The van der Waals surface area contributed by atoms with Crippen molar-refractivity contribution in [3.63, 3.8) is 0 Å². The standard InChI is InChI=1S/C21H28N4O2/c1-16-6-8-17(9-7-16)21-23-22-19(27-21)10-11-20(26)25-14-4-5-18(25)15-24-12-2-3-13-24/h6-9,18H,2-5,10-15H2,1H3. The van der Waals surface area contributed by atoms with Crippen molar-refractivity contribution in [2.45, 2.75) is 51.5 Å². The van der Waals surface area contributed by atoms with Gasteiger partial charge in [-0.3, -0.25) is 4.79 Å². The monoisotopic (exact) mass is 368 g/mol. The highest BCUT2D eigenvalue weighted by Crippen LogP contribution is 2.22. The summed E-state index contributed by atoms with van der Waals surface area (Å²) < 4.78 is 5.76. The van der Waals surface area contributed by atoms with E-state index in [1.54, 1.807) is 0 Å². The summed E-state index contributed by atoms with van der Waals surface area (Å²) in [6.07, 6.45) is 5.77. The molecule has 6 nitrogen and oxygen atoms in total. The molecule has 2 saturated heterocycles. The fraction of sp³-hybridized carbons (Fsp3) is 0.571. The number of rotatable bonds is 6. The highest BCUT2D eigenvalue weighted by atomic mass is 16.4. The second-order valence-electron chi connectivity index (χ2n) is 7.76. The van der Waals surface area contributed by atoms with Crippen molar-refractivity contribution in [2.24, 2.45) is 0 Å². The van der Waals surface area contributed by atoms with Gasteiger partial charge >= 0.3 is 0 Å². The summed E-state index contributed by atoms with van der Waals surface area (Å²) in [6, 6.07) is 8.38. The summed E-state index contributed by atoms with van der Waals surface area (Å²) in [5, 5.41) is 8.25. The predicted octanol–water partition coefficient (Wildman–Crippen LogP) is 3.06. The molecule has 1 aromatic heterocycles. The Bertz CT molecular complexity index is 765. The van der Waals surface area contributed by atoms with E-state index in [1.165, 1.54) is 31.5 Å². The van der Waals surface area contributed by atoms with Crippen LogP contribution in [0.25, 0.3) is 11.5 Å². The minimum Gasteiger partial charge on any atom is -0.421 e. The zero-order chi connectivity index (χ0) is 18.6. The number of carbonyl (C=O) groups is 1. The van der Waals surface area contributed by atoms with Gasteiger partial charge in [-0.1, -0.05) is 17.7 Å². The fourth-order valence-electron chi connectivity index (χ4n) is 4.14. The van der Waals surface area contributed by atoms with Gasteiger partial charge < -0.3 is 14.2 Å². The molecule has 0 spiro atoms. The first-order valence-corrected chi connectivity index (χ1v) is 10.1.